The molecule has 2 aromatic rings. The Morgan fingerprint density at radius 1 is 0.935 bits per heavy atom. The zero-order valence-electron chi connectivity index (χ0n) is 16.9. The third kappa shape index (κ3) is 3.05. The van der Waals surface area contributed by atoms with Crippen molar-refractivity contribution in [3.8, 4) is 11.1 Å². The molecule has 31 heavy (non-hydrogen) atoms. The van der Waals surface area contributed by atoms with E-state index in [1.165, 1.54) is 11.0 Å². The Balaban J connectivity index is 1.32. The first-order valence-corrected chi connectivity index (χ1v) is 10.5. The number of amides is 1. The average molecular weight is 427 g/mol. The molecule has 1 aliphatic heterocycles. The Morgan fingerprint density at radius 3 is 2.16 bits per heavy atom. The Labute approximate surface area is 178 Å². The molecule has 1 heterocycles. The number of hydrogen-bond donors (Lipinski definition) is 2. The smallest absolute Gasteiger partial charge is 0.335 e. The van der Waals surface area contributed by atoms with Crippen LogP contribution in [0.5, 0.6) is 0 Å². The highest BCUT2D eigenvalue weighted by Crippen LogP contribution is 2.75. The molecule has 7 heteroatoms. The molecular formula is C24H23F2NO4. The number of nitrogens with zero attached hydrogens (tertiary/aromatic N) is 1. The van der Waals surface area contributed by atoms with Gasteiger partial charge in [-0.05, 0) is 54.5 Å². The van der Waals surface area contributed by atoms with Crippen LogP contribution >= 0.6 is 0 Å². The molecule has 2 aliphatic carbocycles. The van der Waals surface area contributed by atoms with Crippen LogP contribution in [0.1, 0.15) is 47.5 Å². The van der Waals surface area contributed by atoms with E-state index >= 15 is 0 Å². The fraction of sp³-hybridized carbons (Fsp3) is 0.417. The lowest BCUT2D eigenvalue weighted by molar-refractivity contribution is -0.144. The molecule has 5 nitrogen and oxygen atoms in total. The number of aromatic carboxylic acids is 1. The zero-order chi connectivity index (χ0) is 22.0. The summed E-state index contributed by atoms with van der Waals surface area (Å²) < 4.78 is 29.9. The Bertz CT molecular complexity index is 1050. The van der Waals surface area contributed by atoms with E-state index in [-0.39, 0.29) is 37.4 Å². The molecule has 2 aromatic carbocycles. The van der Waals surface area contributed by atoms with Crippen LogP contribution in [-0.4, -0.2) is 51.6 Å². The fourth-order valence-corrected chi connectivity index (χ4v) is 5.09. The van der Waals surface area contributed by atoms with Gasteiger partial charge in [-0.15, -0.1) is 0 Å². The van der Waals surface area contributed by atoms with Crippen molar-refractivity contribution in [2.45, 2.75) is 43.1 Å². The number of alkyl halides is 2. The van der Waals surface area contributed by atoms with Crippen LogP contribution in [0, 0.1) is 5.41 Å². The van der Waals surface area contributed by atoms with Crippen molar-refractivity contribution in [2.75, 3.05) is 13.1 Å². The van der Waals surface area contributed by atoms with E-state index in [1.54, 1.807) is 42.5 Å². The SMILES string of the molecule is O=C(O)c1cccc(-c2ccc([C@@H]3C(F)(F)C34CCN(C(=O)C3(O)CC3)CC4)cc2)c1. The van der Waals surface area contributed by atoms with Crippen LogP contribution in [-0.2, 0) is 4.79 Å². The Morgan fingerprint density at radius 2 is 1.58 bits per heavy atom. The minimum absolute atomic E-state index is 0.173. The van der Waals surface area contributed by atoms with Gasteiger partial charge in [-0.2, -0.15) is 0 Å². The highest BCUT2D eigenvalue weighted by Gasteiger charge is 2.80. The van der Waals surface area contributed by atoms with Crippen LogP contribution in [0.4, 0.5) is 8.78 Å². The number of piperidine rings is 1. The molecule has 2 saturated carbocycles. The van der Waals surface area contributed by atoms with Crippen LogP contribution in [0.25, 0.3) is 11.1 Å². The van der Waals surface area contributed by atoms with Gasteiger partial charge in [-0.25, -0.2) is 13.6 Å². The maximum absolute atomic E-state index is 14.9. The van der Waals surface area contributed by atoms with Gasteiger partial charge in [-0.1, -0.05) is 36.4 Å². The summed E-state index contributed by atoms with van der Waals surface area (Å²) in [5.74, 6) is -5.06. The lowest BCUT2D eigenvalue weighted by atomic mass is 9.87. The van der Waals surface area contributed by atoms with E-state index in [9.17, 15) is 23.5 Å². The summed E-state index contributed by atoms with van der Waals surface area (Å²) >= 11 is 0. The molecule has 5 rings (SSSR count). The average Bonchev–Trinajstić information content (AvgIpc) is 3.62. The summed E-state index contributed by atoms with van der Waals surface area (Å²) in [7, 11) is 0. The lowest BCUT2D eigenvalue weighted by Crippen LogP contribution is -2.46. The van der Waals surface area contributed by atoms with Gasteiger partial charge in [0.15, 0.2) is 0 Å². The monoisotopic (exact) mass is 427 g/mol. The summed E-state index contributed by atoms with van der Waals surface area (Å²) in [5.41, 5.74) is -0.184. The highest BCUT2D eigenvalue weighted by molar-refractivity contribution is 5.89. The van der Waals surface area contributed by atoms with Crippen molar-refractivity contribution in [2.24, 2.45) is 5.41 Å². The number of likely N-dealkylation sites (tertiary alicyclic amines) is 1. The third-order valence-corrected chi connectivity index (χ3v) is 7.25. The number of aliphatic hydroxyl groups is 1. The summed E-state index contributed by atoms with van der Waals surface area (Å²) in [6.45, 7) is 0.487. The van der Waals surface area contributed by atoms with E-state index < -0.39 is 28.8 Å². The fourth-order valence-electron chi connectivity index (χ4n) is 5.09. The van der Waals surface area contributed by atoms with Crippen LogP contribution < -0.4 is 0 Å². The molecule has 1 spiro atoms. The van der Waals surface area contributed by atoms with Crippen LogP contribution in [0.2, 0.25) is 0 Å². The van der Waals surface area contributed by atoms with E-state index in [1.807, 2.05) is 0 Å². The second kappa shape index (κ2) is 6.60. The normalized spacial score (nSPS) is 24.6. The Kier molecular flexibility index (Phi) is 4.28. The van der Waals surface area contributed by atoms with Gasteiger partial charge in [0.05, 0.1) is 16.9 Å². The van der Waals surface area contributed by atoms with Crippen LogP contribution in [0.3, 0.4) is 0 Å². The first-order chi connectivity index (χ1) is 14.7. The first-order valence-electron chi connectivity index (χ1n) is 10.5. The Hall–Kier alpha value is -2.80. The predicted molar refractivity (Wildman–Crippen MR) is 109 cm³/mol. The van der Waals surface area contributed by atoms with Gasteiger partial charge in [0, 0.05) is 13.1 Å². The largest absolute Gasteiger partial charge is 0.478 e. The van der Waals surface area contributed by atoms with Gasteiger partial charge < -0.3 is 15.1 Å². The van der Waals surface area contributed by atoms with E-state index in [0.29, 0.717) is 24.0 Å². The van der Waals surface area contributed by atoms with Gasteiger partial charge >= 0.3 is 5.97 Å². The minimum Gasteiger partial charge on any atom is -0.478 e. The maximum Gasteiger partial charge on any atom is 0.335 e. The molecule has 2 N–H and O–H groups in total. The second-order valence-corrected chi connectivity index (χ2v) is 9.04. The van der Waals surface area contributed by atoms with E-state index in [0.717, 1.165) is 5.56 Å². The predicted octanol–water partition coefficient (Wildman–Crippen LogP) is 3.92. The number of hydrogen-bond acceptors (Lipinski definition) is 3. The number of carbonyl (C=O) groups is 2. The number of carbonyl (C=O) groups excluding carboxylic acids is 1. The number of halogens is 2. The molecule has 0 bridgehead atoms. The van der Waals surface area contributed by atoms with Crippen molar-refractivity contribution in [1.29, 1.82) is 0 Å². The quantitative estimate of drug-likeness (QED) is 0.776. The van der Waals surface area contributed by atoms with E-state index in [2.05, 4.69) is 0 Å². The molecule has 3 fully saturated rings. The molecule has 0 radical (unpaired) electrons. The van der Waals surface area contributed by atoms with Gasteiger partial charge in [0.1, 0.15) is 5.60 Å². The molecule has 0 unspecified atom stereocenters. The second-order valence-electron chi connectivity index (χ2n) is 9.04. The molecular weight excluding hydrogens is 404 g/mol. The molecule has 0 aromatic heterocycles. The summed E-state index contributed by atoms with van der Waals surface area (Å²) in [6.07, 6.45) is 1.34. The van der Waals surface area contributed by atoms with E-state index in [4.69, 9.17) is 5.11 Å². The number of carboxylic acids is 1. The zero-order valence-corrected chi connectivity index (χ0v) is 16.9. The van der Waals surface area contributed by atoms with Crippen LogP contribution in [0.15, 0.2) is 48.5 Å². The molecule has 1 saturated heterocycles. The molecule has 162 valence electrons. The lowest BCUT2D eigenvalue weighted by Gasteiger charge is -2.34. The van der Waals surface area contributed by atoms with Gasteiger partial charge in [0.25, 0.3) is 11.8 Å². The summed E-state index contributed by atoms with van der Waals surface area (Å²) in [5, 5.41) is 19.2. The first kappa shape index (κ1) is 20.1. The van der Waals surface area contributed by atoms with Crippen molar-refractivity contribution < 1.29 is 28.6 Å². The number of benzene rings is 2. The number of carboxylic acid groups (broad SMARTS) is 1. The summed E-state index contributed by atoms with van der Waals surface area (Å²) in [4.78, 5) is 25.0. The summed E-state index contributed by atoms with van der Waals surface area (Å²) in [6, 6.07) is 13.4. The number of rotatable bonds is 4. The van der Waals surface area contributed by atoms with Crippen molar-refractivity contribution in [3.63, 3.8) is 0 Å². The van der Waals surface area contributed by atoms with Gasteiger partial charge in [0.2, 0.25) is 0 Å². The maximum atomic E-state index is 14.9. The topological polar surface area (TPSA) is 77.8 Å². The molecule has 1 amide bonds. The van der Waals surface area contributed by atoms with Crippen molar-refractivity contribution in [1.82, 2.24) is 4.90 Å². The highest BCUT2D eigenvalue weighted by atomic mass is 19.3. The standard InChI is InChI=1S/C24H23F2NO4/c25-24(26)19(22(24)10-12-27(13-11-22)21(30)23(31)8-9-23)16-6-4-15(5-7-16)17-2-1-3-18(14-17)20(28)29/h1-7,14,19,31H,8-13H2,(H,28,29)/t19-/m0/s1. The minimum atomic E-state index is -2.83. The van der Waals surface area contributed by atoms with Gasteiger partial charge in [-0.3, -0.25) is 4.79 Å². The molecule has 3 aliphatic rings. The van der Waals surface area contributed by atoms with Crippen molar-refractivity contribution >= 4 is 11.9 Å². The third-order valence-electron chi connectivity index (χ3n) is 7.25. The van der Waals surface area contributed by atoms with Crippen molar-refractivity contribution in [3.05, 3.63) is 59.7 Å². The molecule has 1 atom stereocenters.